The highest BCUT2D eigenvalue weighted by molar-refractivity contribution is 5.51. The molecule has 3 nitrogen and oxygen atoms in total. The molecule has 80 valence electrons. The number of aryl methyl sites for hydroxylation is 1. The van der Waals surface area contributed by atoms with Crippen LogP contribution in [-0.4, -0.2) is 37.5 Å². The van der Waals surface area contributed by atoms with E-state index in [9.17, 15) is 0 Å². The van der Waals surface area contributed by atoms with E-state index < -0.39 is 0 Å². The number of hydrogen-bond donors (Lipinski definition) is 2. The molecule has 14 heavy (non-hydrogen) atoms. The van der Waals surface area contributed by atoms with Gasteiger partial charge in [-0.05, 0) is 18.6 Å². The van der Waals surface area contributed by atoms with Crippen LogP contribution in [0.1, 0.15) is 5.56 Å². The summed E-state index contributed by atoms with van der Waals surface area (Å²) in [6.45, 7) is 1.87. The van der Waals surface area contributed by atoms with Gasteiger partial charge in [0.25, 0.3) is 0 Å². The lowest BCUT2D eigenvalue weighted by molar-refractivity contribution is 0.186. The van der Waals surface area contributed by atoms with E-state index >= 15 is 0 Å². The molecule has 0 amide bonds. The first-order valence-corrected chi connectivity index (χ1v) is 4.58. The van der Waals surface area contributed by atoms with Crippen molar-refractivity contribution < 1.29 is 10.2 Å². The van der Waals surface area contributed by atoms with Crippen molar-refractivity contribution in [2.45, 2.75) is 6.92 Å². The molecule has 0 spiro atoms. The van der Waals surface area contributed by atoms with Gasteiger partial charge >= 0.3 is 0 Å². The Morgan fingerprint density at radius 2 is 1.57 bits per heavy atom. The molecule has 0 aromatic heterocycles. The van der Waals surface area contributed by atoms with E-state index in [0.717, 1.165) is 0 Å². The monoisotopic (exact) mass is 197 g/mol. The van der Waals surface area contributed by atoms with Gasteiger partial charge in [0.05, 0.1) is 13.2 Å². The molecule has 2 N–H and O–H groups in total. The van der Waals surface area contributed by atoms with E-state index in [-0.39, 0.29) is 13.2 Å². The first-order valence-electron chi connectivity index (χ1n) is 4.58. The fourth-order valence-electron chi connectivity index (χ4n) is 1.07. The van der Waals surface area contributed by atoms with Crippen molar-refractivity contribution in [3.8, 4) is 0 Å². The average molecular weight is 197 g/mol. The minimum absolute atomic E-state index is 0.125. The van der Waals surface area contributed by atoms with E-state index in [4.69, 9.17) is 10.2 Å². The number of aliphatic hydroxyl groups is 2. The van der Waals surface area contributed by atoms with Crippen LogP contribution in [0.3, 0.4) is 0 Å². The Labute approximate surface area is 85.6 Å². The lowest BCUT2D eigenvalue weighted by atomic mass is 10.2. The van der Waals surface area contributed by atoms with Crippen molar-refractivity contribution in [3.63, 3.8) is 0 Å². The van der Waals surface area contributed by atoms with Crippen LogP contribution in [0.5, 0.6) is 0 Å². The zero-order chi connectivity index (χ0) is 11.0. The van der Waals surface area contributed by atoms with Crippen LogP contribution in [0.15, 0.2) is 24.3 Å². The molecule has 0 atom stereocenters. The van der Waals surface area contributed by atoms with Gasteiger partial charge in [-0.3, -0.25) is 0 Å². The quantitative estimate of drug-likeness (QED) is 0.744. The van der Waals surface area contributed by atoms with Crippen LogP contribution in [0.25, 0.3) is 0 Å². The summed E-state index contributed by atoms with van der Waals surface area (Å²) >= 11 is 0. The summed E-state index contributed by atoms with van der Waals surface area (Å²) in [5.41, 5.74) is 2.62. The number of para-hydroxylation sites is 1. The number of nitrogens with zero attached hydrogens (tertiary/aromatic N) is 1. The largest absolute Gasteiger partial charge is 0.394 e. The maximum atomic E-state index is 7.62. The fraction of sp³-hybridized carbons (Fsp3) is 0.455. The Kier molecular flexibility index (Phi) is 6.80. The summed E-state index contributed by atoms with van der Waals surface area (Å²) < 4.78 is 0. The number of aliphatic hydroxyl groups excluding tert-OH is 2. The molecule has 0 unspecified atom stereocenters. The molecule has 1 aromatic carbocycles. The van der Waals surface area contributed by atoms with E-state index in [1.54, 1.807) is 0 Å². The second-order valence-electron chi connectivity index (χ2n) is 3.13. The molecule has 0 saturated heterocycles. The SMILES string of the molecule is Cc1ccccc1N(C)C.OCCO. The predicted molar refractivity (Wildman–Crippen MR) is 59.7 cm³/mol. The van der Waals surface area contributed by atoms with Crippen LogP contribution in [0, 0.1) is 6.92 Å². The Bertz CT molecular complexity index is 247. The summed E-state index contributed by atoms with van der Waals surface area (Å²) in [5, 5.41) is 15.2. The Morgan fingerprint density at radius 1 is 1.07 bits per heavy atom. The van der Waals surface area contributed by atoms with Crippen LogP contribution >= 0.6 is 0 Å². The second kappa shape index (κ2) is 7.35. The molecule has 0 fully saturated rings. The van der Waals surface area contributed by atoms with Gasteiger partial charge in [0.1, 0.15) is 0 Å². The minimum atomic E-state index is -0.125. The second-order valence-corrected chi connectivity index (χ2v) is 3.13. The van der Waals surface area contributed by atoms with E-state index in [0.29, 0.717) is 0 Å². The highest BCUT2D eigenvalue weighted by Crippen LogP contribution is 2.15. The summed E-state index contributed by atoms with van der Waals surface area (Å²) in [6, 6.07) is 8.36. The van der Waals surface area contributed by atoms with Crippen LogP contribution in [-0.2, 0) is 0 Å². The molecule has 0 radical (unpaired) electrons. The third kappa shape index (κ3) is 4.84. The van der Waals surface area contributed by atoms with Crippen molar-refractivity contribution in [2.24, 2.45) is 0 Å². The standard InChI is InChI=1S/C9H13N.C2H6O2/c1-8-6-4-5-7-9(8)10(2)3;3-1-2-4/h4-7H,1-3H3;3-4H,1-2H2. The number of benzene rings is 1. The highest BCUT2D eigenvalue weighted by Gasteiger charge is 1.95. The molecular weight excluding hydrogens is 178 g/mol. The molecule has 0 aliphatic heterocycles. The molecule has 0 aliphatic rings. The third-order valence-corrected chi connectivity index (χ3v) is 1.70. The van der Waals surface area contributed by atoms with Gasteiger partial charge in [-0.2, -0.15) is 0 Å². The zero-order valence-corrected chi connectivity index (χ0v) is 9.07. The molecule has 0 bridgehead atoms. The molecule has 1 aromatic rings. The normalized spacial score (nSPS) is 8.93. The maximum absolute atomic E-state index is 7.62. The Morgan fingerprint density at radius 3 is 1.86 bits per heavy atom. The van der Waals surface area contributed by atoms with Gasteiger partial charge in [-0.1, -0.05) is 18.2 Å². The summed E-state index contributed by atoms with van der Waals surface area (Å²) in [7, 11) is 4.12. The third-order valence-electron chi connectivity index (χ3n) is 1.70. The Balaban J connectivity index is 0.000000364. The lowest BCUT2D eigenvalue weighted by Crippen LogP contribution is -2.09. The van der Waals surface area contributed by atoms with Gasteiger partial charge in [0, 0.05) is 19.8 Å². The van der Waals surface area contributed by atoms with E-state index in [1.807, 2.05) is 0 Å². The van der Waals surface area contributed by atoms with Gasteiger partial charge in [-0.25, -0.2) is 0 Å². The molecule has 3 heteroatoms. The van der Waals surface area contributed by atoms with Crippen molar-refractivity contribution in [1.29, 1.82) is 0 Å². The molecule has 0 heterocycles. The molecular formula is C11H19NO2. The summed E-state index contributed by atoms with van der Waals surface area (Å²) in [6.07, 6.45) is 0. The summed E-state index contributed by atoms with van der Waals surface area (Å²) in [5.74, 6) is 0. The van der Waals surface area contributed by atoms with Crippen molar-refractivity contribution in [1.82, 2.24) is 0 Å². The average Bonchev–Trinajstić information content (AvgIpc) is 2.18. The van der Waals surface area contributed by atoms with Gasteiger partial charge in [0.15, 0.2) is 0 Å². The van der Waals surface area contributed by atoms with E-state index in [2.05, 4.69) is 50.2 Å². The zero-order valence-electron chi connectivity index (χ0n) is 9.07. The minimum Gasteiger partial charge on any atom is -0.394 e. The van der Waals surface area contributed by atoms with Gasteiger partial charge in [-0.15, -0.1) is 0 Å². The molecule has 1 rings (SSSR count). The van der Waals surface area contributed by atoms with Crippen LogP contribution in [0.4, 0.5) is 5.69 Å². The van der Waals surface area contributed by atoms with Crippen molar-refractivity contribution >= 4 is 5.69 Å². The maximum Gasteiger partial charge on any atom is 0.0662 e. The van der Waals surface area contributed by atoms with E-state index in [1.165, 1.54) is 11.3 Å². The van der Waals surface area contributed by atoms with Crippen LogP contribution < -0.4 is 4.90 Å². The first-order chi connectivity index (χ1) is 6.63. The molecule has 0 aliphatic carbocycles. The smallest absolute Gasteiger partial charge is 0.0662 e. The van der Waals surface area contributed by atoms with Gasteiger partial charge in [0.2, 0.25) is 0 Å². The number of hydrogen-bond acceptors (Lipinski definition) is 3. The number of anilines is 1. The summed E-state index contributed by atoms with van der Waals surface area (Å²) in [4.78, 5) is 2.12. The fourth-order valence-corrected chi connectivity index (χ4v) is 1.07. The van der Waals surface area contributed by atoms with Crippen molar-refractivity contribution in [2.75, 3.05) is 32.2 Å². The Hall–Kier alpha value is -1.06. The highest BCUT2D eigenvalue weighted by atomic mass is 16.3. The number of rotatable bonds is 2. The van der Waals surface area contributed by atoms with Gasteiger partial charge < -0.3 is 15.1 Å². The first kappa shape index (κ1) is 12.9. The van der Waals surface area contributed by atoms with Crippen LogP contribution in [0.2, 0.25) is 0 Å². The van der Waals surface area contributed by atoms with Crippen molar-refractivity contribution in [3.05, 3.63) is 29.8 Å². The topological polar surface area (TPSA) is 43.7 Å². The predicted octanol–water partition coefficient (Wildman–Crippen LogP) is 1.03. The lowest BCUT2D eigenvalue weighted by Gasteiger charge is -2.14. The molecule has 0 saturated carbocycles.